The van der Waals surface area contributed by atoms with Gasteiger partial charge in [0.2, 0.25) is 11.8 Å². The summed E-state index contributed by atoms with van der Waals surface area (Å²) in [4.78, 5) is 70.8. The summed E-state index contributed by atoms with van der Waals surface area (Å²) in [5.41, 5.74) is 1.65. The van der Waals surface area contributed by atoms with E-state index in [1.165, 1.54) is 30.3 Å². The highest BCUT2D eigenvalue weighted by Gasteiger charge is 2.66. The first-order valence-electron chi connectivity index (χ1n) is 17.3. The first-order valence-corrected chi connectivity index (χ1v) is 17.3. The predicted octanol–water partition coefficient (Wildman–Crippen LogP) is 5.99. The zero-order chi connectivity index (χ0) is 36.1. The zero-order valence-corrected chi connectivity index (χ0v) is 28.0. The monoisotopic (exact) mass is 694 g/mol. The molecular formula is C42H34N2O8. The number of ketones is 2. The SMILES string of the molecule is O=C1C(c2ccccc2)=CC(=O)[C@@]2(c3ccccc3)[C@@H](c3ccccc3OCCO)C3=CC[C@@H]4C(=O)N(c5ccc([N+](=O)[O-])cc5)C(=O)[C@@H]4[C@@H]3C[C@@H]12. The fraction of sp³-hybridized carbons (Fsp3) is 0.238. The third-order valence-corrected chi connectivity index (χ3v) is 11.3. The van der Waals surface area contributed by atoms with Crippen molar-refractivity contribution in [3.8, 4) is 5.75 Å². The van der Waals surface area contributed by atoms with Crippen LogP contribution in [0.5, 0.6) is 5.75 Å². The number of hydrogen-bond acceptors (Lipinski definition) is 8. The Morgan fingerprint density at radius 3 is 2.19 bits per heavy atom. The summed E-state index contributed by atoms with van der Waals surface area (Å²) in [6.07, 6.45) is 3.81. The van der Waals surface area contributed by atoms with E-state index in [9.17, 15) is 24.8 Å². The van der Waals surface area contributed by atoms with Crippen molar-refractivity contribution >= 4 is 40.3 Å². The van der Waals surface area contributed by atoms with Crippen LogP contribution in [0.15, 0.2) is 127 Å². The van der Waals surface area contributed by atoms with Gasteiger partial charge in [0.25, 0.3) is 5.69 Å². The molecule has 0 bridgehead atoms. The molecule has 1 saturated carbocycles. The molecule has 10 heteroatoms. The Morgan fingerprint density at radius 2 is 1.50 bits per heavy atom. The number of para-hydroxylation sites is 1. The van der Waals surface area contributed by atoms with Gasteiger partial charge in [-0.15, -0.1) is 0 Å². The lowest BCUT2D eigenvalue weighted by Crippen LogP contribution is -2.58. The van der Waals surface area contributed by atoms with Crippen molar-refractivity contribution in [2.75, 3.05) is 18.1 Å². The number of nitro groups is 1. The number of Topliss-reactive ketones (excluding diaryl/α,β-unsaturated/α-hetero) is 1. The maximum Gasteiger partial charge on any atom is 0.269 e. The number of imide groups is 1. The topological polar surface area (TPSA) is 144 Å². The number of rotatable bonds is 8. The average Bonchev–Trinajstić information content (AvgIpc) is 3.44. The maximum absolute atomic E-state index is 15.2. The van der Waals surface area contributed by atoms with Gasteiger partial charge in [0.05, 0.1) is 34.5 Å². The van der Waals surface area contributed by atoms with E-state index in [4.69, 9.17) is 4.74 Å². The lowest BCUT2D eigenvalue weighted by Gasteiger charge is -2.55. The van der Waals surface area contributed by atoms with Crippen LogP contribution in [-0.2, 0) is 24.6 Å². The minimum atomic E-state index is -1.42. The number of anilines is 1. The van der Waals surface area contributed by atoms with Gasteiger partial charge in [0, 0.05) is 35.1 Å². The average molecular weight is 695 g/mol. The second kappa shape index (κ2) is 13.0. The highest BCUT2D eigenvalue weighted by atomic mass is 16.6. The molecule has 1 heterocycles. The van der Waals surface area contributed by atoms with Gasteiger partial charge in [-0.05, 0) is 54.2 Å². The third-order valence-electron chi connectivity index (χ3n) is 11.3. The van der Waals surface area contributed by atoms with Crippen LogP contribution in [0.4, 0.5) is 11.4 Å². The number of fused-ring (bicyclic) bond motifs is 4. The Bertz CT molecular complexity index is 2180. The maximum atomic E-state index is 15.2. The molecule has 52 heavy (non-hydrogen) atoms. The van der Waals surface area contributed by atoms with Crippen LogP contribution in [-0.4, -0.2) is 46.6 Å². The molecule has 10 nitrogen and oxygen atoms in total. The molecule has 8 rings (SSSR count). The summed E-state index contributed by atoms with van der Waals surface area (Å²) in [5.74, 6) is -4.71. The first-order chi connectivity index (χ1) is 25.3. The van der Waals surface area contributed by atoms with Crippen molar-refractivity contribution in [1.29, 1.82) is 0 Å². The summed E-state index contributed by atoms with van der Waals surface area (Å²) >= 11 is 0. The summed E-state index contributed by atoms with van der Waals surface area (Å²) in [7, 11) is 0. The van der Waals surface area contributed by atoms with Crippen LogP contribution >= 0.6 is 0 Å². The molecule has 2 amide bonds. The standard InChI is InChI=1S/C42H34N2O8/c45-21-22-52-35-14-8-7-13-30(35)38-29-19-20-31-37(41(49)43(40(31)48)27-15-17-28(18-16-27)44(50)51)33(29)23-34-39(47)32(25-9-3-1-4-10-25)24-36(46)42(34,38)26-11-5-2-6-12-26/h1-19,24,31,33-34,37-38,45H,20-23H2/t31-,33+,34-,37-,38+,42-/m0/s1. The first kappa shape index (κ1) is 33.2. The molecular weight excluding hydrogens is 660 g/mol. The van der Waals surface area contributed by atoms with Crippen molar-refractivity contribution in [3.63, 3.8) is 0 Å². The van der Waals surface area contributed by atoms with Gasteiger partial charge in [-0.3, -0.25) is 34.2 Å². The summed E-state index contributed by atoms with van der Waals surface area (Å²) < 4.78 is 6.09. The lowest BCUT2D eigenvalue weighted by atomic mass is 9.44. The number of aliphatic hydroxyl groups excluding tert-OH is 1. The molecule has 6 atom stereocenters. The Morgan fingerprint density at radius 1 is 0.827 bits per heavy atom. The third kappa shape index (κ3) is 4.97. The minimum Gasteiger partial charge on any atom is -0.491 e. The number of carbonyl (C=O) groups excluding carboxylic acids is 4. The van der Waals surface area contributed by atoms with E-state index >= 15 is 9.59 Å². The van der Waals surface area contributed by atoms with Crippen molar-refractivity contribution in [2.45, 2.75) is 24.2 Å². The fourth-order valence-corrected chi connectivity index (χ4v) is 9.20. The largest absolute Gasteiger partial charge is 0.491 e. The lowest BCUT2D eigenvalue weighted by molar-refractivity contribution is -0.384. The molecule has 0 spiro atoms. The van der Waals surface area contributed by atoms with E-state index in [1.54, 1.807) is 24.3 Å². The van der Waals surface area contributed by atoms with Crippen LogP contribution in [0.25, 0.3) is 5.57 Å². The normalized spacial score (nSPS) is 26.6. The summed E-state index contributed by atoms with van der Waals surface area (Å²) in [6, 6.07) is 31.0. The van der Waals surface area contributed by atoms with Gasteiger partial charge < -0.3 is 9.84 Å². The number of benzene rings is 4. The van der Waals surface area contributed by atoms with Crippen molar-refractivity contribution < 1.29 is 33.9 Å². The van der Waals surface area contributed by atoms with Gasteiger partial charge in [-0.2, -0.15) is 0 Å². The van der Waals surface area contributed by atoms with Gasteiger partial charge in [0.1, 0.15) is 12.4 Å². The van der Waals surface area contributed by atoms with Gasteiger partial charge in [-0.1, -0.05) is 90.5 Å². The number of carbonyl (C=O) groups is 4. The number of hydrogen-bond donors (Lipinski definition) is 1. The van der Waals surface area contributed by atoms with E-state index in [0.29, 0.717) is 28.0 Å². The molecule has 1 aliphatic heterocycles. The molecule has 260 valence electrons. The molecule has 2 fully saturated rings. The van der Waals surface area contributed by atoms with Crippen LogP contribution in [0.2, 0.25) is 0 Å². The summed E-state index contributed by atoms with van der Waals surface area (Å²) in [5, 5.41) is 21.1. The second-order valence-electron chi connectivity index (χ2n) is 13.7. The number of nitrogens with zero attached hydrogens (tertiary/aromatic N) is 2. The molecule has 0 aromatic heterocycles. The van der Waals surface area contributed by atoms with E-state index in [2.05, 4.69) is 0 Å². The Balaban J connectivity index is 1.34. The highest BCUT2D eigenvalue weighted by Crippen LogP contribution is 2.64. The molecule has 4 aromatic rings. The number of allylic oxidation sites excluding steroid dienone is 4. The molecule has 4 aliphatic rings. The van der Waals surface area contributed by atoms with Crippen LogP contribution in [0, 0.1) is 33.8 Å². The number of ether oxygens (including phenoxy) is 1. The quantitative estimate of drug-likeness (QED) is 0.102. The Hall–Kier alpha value is -6.00. The van der Waals surface area contributed by atoms with Crippen molar-refractivity contribution in [2.24, 2.45) is 23.7 Å². The van der Waals surface area contributed by atoms with Gasteiger partial charge in [0.15, 0.2) is 11.6 Å². The number of amides is 2. The van der Waals surface area contributed by atoms with E-state index in [1.807, 2.05) is 66.7 Å². The van der Waals surface area contributed by atoms with Crippen LogP contribution in [0.3, 0.4) is 0 Å². The van der Waals surface area contributed by atoms with E-state index < -0.39 is 51.7 Å². The highest BCUT2D eigenvalue weighted by molar-refractivity contribution is 6.32. The number of nitro benzene ring substituents is 1. The molecule has 1 saturated heterocycles. The molecule has 3 aliphatic carbocycles. The smallest absolute Gasteiger partial charge is 0.269 e. The summed E-state index contributed by atoms with van der Waals surface area (Å²) in [6.45, 7) is -0.239. The zero-order valence-electron chi connectivity index (χ0n) is 28.0. The number of non-ortho nitro benzene ring substituents is 1. The minimum absolute atomic E-state index is 0.000788. The van der Waals surface area contributed by atoms with Crippen LogP contribution in [0.1, 0.15) is 35.4 Å². The fourth-order valence-electron chi connectivity index (χ4n) is 9.20. The number of aliphatic hydroxyl groups is 1. The molecule has 4 aromatic carbocycles. The van der Waals surface area contributed by atoms with Crippen molar-refractivity contribution in [3.05, 3.63) is 154 Å². The second-order valence-corrected chi connectivity index (χ2v) is 13.7. The Labute approximate surface area is 299 Å². The Kier molecular flexibility index (Phi) is 8.26. The molecule has 0 unspecified atom stereocenters. The van der Waals surface area contributed by atoms with E-state index in [0.717, 1.165) is 10.5 Å². The van der Waals surface area contributed by atoms with Gasteiger partial charge in [-0.25, -0.2) is 0 Å². The van der Waals surface area contributed by atoms with Gasteiger partial charge >= 0.3 is 0 Å². The molecule has 0 radical (unpaired) electrons. The van der Waals surface area contributed by atoms with Crippen LogP contribution < -0.4 is 9.64 Å². The van der Waals surface area contributed by atoms with E-state index in [-0.39, 0.29) is 49.0 Å². The molecule has 1 N–H and O–H groups in total. The van der Waals surface area contributed by atoms with Crippen molar-refractivity contribution in [1.82, 2.24) is 0 Å². The predicted molar refractivity (Wildman–Crippen MR) is 191 cm³/mol.